The number of rotatable bonds is 3. The van der Waals surface area contributed by atoms with E-state index < -0.39 is 15.6 Å². The SMILES string of the molecule is CC(C)(C)NS(=O)(=O)c1ccc(NN)c(C#N)c1. The molecule has 98 valence electrons. The van der Waals surface area contributed by atoms with Crippen molar-refractivity contribution in [3.63, 3.8) is 0 Å². The van der Waals surface area contributed by atoms with Crippen molar-refractivity contribution in [2.75, 3.05) is 5.43 Å². The van der Waals surface area contributed by atoms with E-state index in [4.69, 9.17) is 11.1 Å². The minimum atomic E-state index is -3.65. The minimum absolute atomic E-state index is 0.0352. The Morgan fingerprint density at radius 1 is 1.33 bits per heavy atom. The Morgan fingerprint density at radius 2 is 1.94 bits per heavy atom. The predicted molar refractivity (Wildman–Crippen MR) is 69.0 cm³/mol. The average molecular weight is 268 g/mol. The quantitative estimate of drug-likeness (QED) is 0.558. The third-order valence-electron chi connectivity index (χ3n) is 2.02. The van der Waals surface area contributed by atoms with Crippen molar-refractivity contribution in [3.8, 4) is 6.07 Å². The molecule has 0 amide bonds. The van der Waals surface area contributed by atoms with Crippen LogP contribution in [0, 0.1) is 11.3 Å². The molecule has 1 aromatic rings. The Hall–Kier alpha value is -1.62. The number of nitrogens with one attached hydrogen (secondary N) is 2. The number of benzene rings is 1. The summed E-state index contributed by atoms with van der Waals surface area (Å²) in [6, 6.07) is 6.02. The molecule has 0 saturated heterocycles. The van der Waals surface area contributed by atoms with Crippen LogP contribution >= 0.6 is 0 Å². The maximum atomic E-state index is 12.0. The number of nitrogens with zero attached hydrogens (tertiary/aromatic N) is 1. The molecule has 7 heteroatoms. The van der Waals surface area contributed by atoms with Crippen LogP contribution in [-0.2, 0) is 10.0 Å². The Kier molecular flexibility index (Phi) is 3.96. The fourth-order valence-corrected chi connectivity index (χ4v) is 2.82. The predicted octanol–water partition coefficient (Wildman–Crippen LogP) is 0.921. The van der Waals surface area contributed by atoms with Crippen LogP contribution in [0.3, 0.4) is 0 Å². The van der Waals surface area contributed by atoms with Crippen LogP contribution in [0.5, 0.6) is 0 Å². The summed E-state index contributed by atoms with van der Waals surface area (Å²) in [6.07, 6.45) is 0. The van der Waals surface area contributed by atoms with Gasteiger partial charge in [-0.25, -0.2) is 13.1 Å². The van der Waals surface area contributed by atoms with E-state index in [1.165, 1.54) is 18.2 Å². The molecule has 0 fully saturated rings. The number of anilines is 1. The van der Waals surface area contributed by atoms with E-state index in [9.17, 15) is 8.42 Å². The molecular weight excluding hydrogens is 252 g/mol. The molecule has 0 radical (unpaired) electrons. The van der Waals surface area contributed by atoms with Gasteiger partial charge in [-0.3, -0.25) is 5.84 Å². The lowest BCUT2D eigenvalue weighted by atomic mass is 10.1. The maximum Gasteiger partial charge on any atom is 0.241 e. The van der Waals surface area contributed by atoms with E-state index in [0.29, 0.717) is 5.69 Å². The van der Waals surface area contributed by atoms with Gasteiger partial charge < -0.3 is 5.43 Å². The van der Waals surface area contributed by atoms with Gasteiger partial charge in [0.1, 0.15) is 6.07 Å². The first-order chi connectivity index (χ1) is 8.19. The van der Waals surface area contributed by atoms with Crippen LogP contribution in [0.25, 0.3) is 0 Å². The second-order valence-electron chi connectivity index (χ2n) is 4.82. The molecule has 0 saturated carbocycles. The molecule has 0 unspecified atom stereocenters. The van der Waals surface area contributed by atoms with E-state index in [-0.39, 0.29) is 10.5 Å². The Labute approximate surface area is 107 Å². The molecule has 0 atom stereocenters. The number of nitrogen functional groups attached to an aromatic ring is 1. The normalized spacial score (nSPS) is 11.9. The van der Waals surface area contributed by atoms with Gasteiger partial charge in [0.25, 0.3) is 0 Å². The molecule has 1 aromatic carbocycles. The highest BCUT2D eigenvalue weighted by atomic mass is 32.2. The molecule has 0 aliphatic carbocycles. The number of hydrogen-bond donors (Lipinski definition) is 3. The zero-order valence-electron chi connectivity index (χ0n) is 10.5. The topological polar surface area (TPSA) is 108 Å². The van der Waals surface area contributed by atoms with Gasteiger partial charge in [-0.2, -0.15) is 5.26 Å². The van der Waals surface area contributed by atoms with Crippen LogP contribution in [-0.4, -0.2) is 14.0 Å². The molecule has 18 heavy (non-hydrogen) atoms. The monoisotopic (exact) mass is 268 g/mol. The van der Waals surface area contributed by atoms with Crippen molar-refractivity contribution < 1.29 is 8.42 Å². The van der Waals surface area contributed by atoms with E-state index >= 15 is 0 Å². The summed E-state index contributed by atoms with van der Waals surface area (Å²) in [5, 5.41) is 8.91. The molecule has 0 spiro atoms. The van der Waals surface area contributed by atoms with Crippen LogP contribution < -0.4 is 16.0 Å². The fraction of sp³-hybridized carbons (Fsp3) is 0.364. The second kappa shape index (κ2) is 4.94. The number of nitrogens with two attached hydrogens (primary N) is 1. The van der Waals surface area contributed by atoms with Crippen LogP contribution in [0.2, 0.25) is 0 Å². The summed E-state index contributed by atoms with van der Waals surface area (Å²) in [5.41, 5.74) is 2.31. The van der Waals surface area contributed by atoms with Crippen LogP contribution in [0.1, 0.15) is 26.3 Å². The van der Waals surface area contributed by atoms with E-state index in [1.807, 2.05) is 6.07 Å². The van der Waals surface area contributed by atoms with Gasteiger partial charge >= 0.3 is 0 Å². The number of hydrogen-bond acceptors (Lipinski definition) is 5. The number of sulfonamides is 1. The van der Waals surface area contributed by atoms with Gasteiger partial charge in [-0.15, -0.1) is 0 Å². The zero-order chi connectivity index (χ0) is 14.0. The van der Waals surface area contributed by atoms with Gasteiger partial charge in [0.2, 0.25) is 10.0 Å². The van der Waals surface area contributed by atoms with E-state index in [1.54, 1.807) is 20.8 Å². The second-order valence-corrected chi connectivity index (χ2v) is 6.50. The Bertz CT molecular complexity index is 582. The van der Waals surface area contributed by atoms with Crippen molar-refractivity contribution >= 4 is 15.7 Å². The van der Waals surface area contributed by atoms with Crippen molar-refractivity contribution in [2.24, 2.45) is 5.84 Å². The lowest BCUT2D eigenvalue weighted by molar-refractivity contribution is 0.491. The number of hydrazine groups is 1. The van der Waals surface area contributed by atoms with Gasteiger partial charge in [0.15, 0.2) is 0 Å². The first kappa shape index (κ1) is 14.4. The lowest BCUT2D eigenvalue weighted by Gasteiger charge is -2.20. The molecule has 0 aliphatic heterocycles. The van der Waals surface area contributed by atoms with Gasteiger partial charge in [-0.05, 0) is 39.0 Å². The summed E-state index contributed by atoms with van der Waals surface area (Å²) in [5.74, 6) is 5.22. The van der Waals surface area contributed by atoms with Crippen molar-refractivity contribution in [2.45, 2.75) is 31.2 Å². The summed E-state index contributed by atoms with van der Waals surface area (Å²) in [6.45, 7) is 5.22. The summed E-state index contributed by atoms with van der Waals surface area (Å²) < 4.78 is 26.6. The van der Waals surface area contributed by atoms with Crippen molar-refractivity contribution in [1.82, 2.24) is 4.72 Å². The van der Waals surface area contributed by atoms with Gasteiger partial charge in [0, 0.05) is 5.54 Å². The summed E-state index contributed by atoms with van der Waals surface area (Å²) in [4.78, 5) is 0.0352. The lowest BCUT2D eigenvalue weighted by Crippen LogP contribution is -2.40. The fourth-order valence-electron chi connectivity index (χ4n) is 1.37. The summed E-state index contributed by atoms with van der Waals surface area (Å²) >= 11 is 0. The average Bonchev–Trinajstić information content (AvgIpc) is 2.24. The Balaban J connectivity index is 3.24. The Morgan fingerprint density at radius 3 is 2.39 bits per heavy atom. The zero-order valence-corrected chi connectivity index (χ0v) is 11.3. The molecule has 0 aliphatic rings. The molecule has 0 bridgehead atoms. The minimum Gasteiger partial charge on any atom is -0.323 e. The first-order valence-corrected chi connectivity index (χ1v) is 6.73. The molecular formula is C11H16N4O2S. The highest BCUT2D eigenvalue weighted by Gasteiger charge is 2.22. The van der Waals surface area contributed by atoms with Crippen molar-refractivity contribution in [1.29, 1.82) is 5.26 Å². The smallest absolute Gasteiger partial charge is 0.241 e. The largest absolute Gasteiger partial charge is 0.323 e. The molecule has 0 aromatic heterocycles. The van der Waals surface area contributed by atoms with E-state index in [2.05, 4.69) is 10.1 Å². The summed E-state index contributed by atoms with van der Waals surface area (Å²) in [7, 11) is -3.65. The maximum absolute atomic E-state index is 12.0. The number of nitriles is 1. The molecule has 6 nitrogen and oxygen atoms in total. The third kappa shape index (κ3) is 3.43. The molecule has 1 rings (SSSR count). The standard InChI is InChI=1S/C11H16N4O2S/c1-11(2,3)15-18(16,17)9-4-5-10(14-13)8(6-9)7-12/h4-6,14-15H,13H2,1-3H3. The van der Waals surface area contributed by atoms with Crippen LogP contribution in [0.15, 0.2) is 23.1 Å². The van der Waals surface area contributed by atoms with Crippen molar-refractivity contribution in [3.05, 3.63) is 23.8 Å². The molecule has 4 N–H and O–H groups in total. The highest BCUT2D eigenvalue weighted by molar-refractivity contribution is 7.89. The third-order valence-corrected chi connectivity index (χ3v) is 3.77. The van der Waals surface area contributed by atoms with Crippen LogP contribution in [0.4, 0.5) is 5.69 Å². The van der Waals surface area contributed by atoms with Gasteiger partial charge in [0.05, 0.1) is 16.1 Å². The first-order valence-electron chi connectivity index (χ1n) is 5.24. The van der Waals surface area contributed by atoms with Gasteiger partial charge in [-0.1, -0.05) is 0 Å². The van der Waals surface area contributed by atoms with E-state index in [0.717, 1.165) is 0 Å². The highest BCUT2D eigenvalue weighted by Crippen LogP contribution is 2.20. The molecule has 0 heterocycles.